The van der Waals surface area contributed by atoms with E-state index in [9.17, 15) is 14.7 Å². The average molecular weight is 278 g/mol. The van der Waals surface area contributed by atoms with Gasteiger partial charge in [-0.25, -0.2) is 9.59 Å². The van der Waals surface area contributed by atoms with Gasteiger partial charge in [0.2, 0.25) is 0 Å². The summed E-state index contributed by atoms with van der Waals surface area (Å²) in [4.78, 5) is 19.1. The Labute approximate surface area is 118 Å². The highest BCUT2D eigenvalue weighted by Gasteiger charge is 2.11. The Hall–Kier alpha value is -1.40. The van der Waals surface area contributed by atoms with Crippen molar-refractivity contribution in [3.63, 3.8) is 0 Å². The van der Waals surface area contributed by atoms with Crippen molar-refractivity contribution in [2.24, 2.45) is 0 Å². The van der Waals surface area contributed by atoms with Gasteiger partial charge < -0.3 is 20.6 Å². The first-order valence-corrected chi connectivity index (χ1v) is 5.87. The number of hydrogen-bond donors (Lipinski definition) is 4. The van der Waals surface area contributed by atoms with E-state index in [1.807, 2.05) is 6.92 Å². The largest absolute Gasteiger partial charge is 0.478 e. The van der Waals surface area contributed by atoms with Gasteiger partial charge >= 0.3 is 11.9 Å². The van der Waals surface area contributed by atoms with E-state index < -0.39 is 24.5 Å². The minimum Gasteiger partial charge on any atom is -0.478 e. The molecule has 0 spiro atoms. The smallest absolute Gasteiger partial charge is 0.328 e. The molecule has 0 aromatic carbocycles. The molecule has 1 unspecified atom stereocenters. The number of rotatable bonds is 7. The number of carboxylic acids is 2. The Morgan fingerprint density at radius 1 is 1.32 bits per heavy atom. The molecule has 1 atom stereocenters. The molecule has 0 aromatic heterocycles. The van der Waals surface area contributed by atoms with Crippen molar-refractivity contribution in [3.8, 4) is 0 Å². The highest BCUT2D eigenvalue weighted by molar-refractivity contribution is 5.89. The van der Waals surface area contributed by atoms with Crippen molar-refractivity contribution in [2.45, 2.75) is 51.7 Å². The van der Waals surface area contributed by atoms with Gasteiger partial charge in [-0.3, -0.25) is 0 Å². The number of carbonyl (C=O) groups is 2. The Kier molecular flexibility index (Phi) is 7.76. The van der Waals surface area contributed by atoms with E-state index in [2.05, 4.69) is 5.32 Å². The van der Waals surface area contributed by atoms with Crippen LogP contribution in [0.25, 0.3) is 0 Å². The van der Waals surface area contributed by atoms with Crippen molar-refractivity contribution in [3.05, 3.63) is 12.2 Å². The molecule has 0 aromatic rings. The molecule has 0 amide bonds. The first-order chi connectivity index (χ1) is 9.73. The Morgan fingerprint density at radius 3 is 2.11 bits per heavy atom. The predicted octanol–water partition coefficient (Wildman–Crippen LogP) is 1.25. The maximum Gasteiger partial charge on any atom is 0.328 e. The van der Waals surface area contributed by atoms with Crippen molar-refractivity contribution in [1.29, 1.82) is 0 Å². The van der Waals surface area contributed by atoms with Crippen LogP contribution in [-0.4, -0.2) is 45.9 Å². The van der Waals surface area contributed by atoms with Crippen molar-refractivity contribution in [2.75, 3.05) is 6.98 Å². The fraction of sp³-hybridized carbons (Fsp3) is 0.692. The van der Waals surface area contributed by atoms with E-state index >= 15 is 0 Å². The van der Waals surface area contributed by atoms with Gasteiger partial charge in [-0.05, 0) is 47.0 Å². The average Bonchev–Trinajstić information content (AvgIpc) is 2.22. The van der Waals surface area contributed by atoms with Crippen LogP contribution in [0.3, 0.4) is 0 Å². The summed E-state index contributed by atoms with van der Waals surface area (Å²) in [7, 11) is 0. The van der Waals surface area contributed by atoms with E-state index in [4.69, 9.17) is 14.3 Å². The Balaban J connectivity index is 0. The second-order valence-corrected chi connectivity index (χ2v) is 4.76. The van der Waals surface area contributed by atoms with Crippen LogP contribution in [-0.2, 0) is 9.59 Å². The summed E-state index contributed by atoms with van der Waals surface area (Å²) < 4.78 is 21.0. The highest BCUT2D eigenvalue weighted by Crippen LogP contribution is 2.12. The first-order valence-electron chi connectivity index (χ1n) is 7.37. The molecule has 0 saturated carbocycles. The fourth-order valence-corrected chi connectivity index (χ4v) is 1.06. The van der Waals surface area contributed by atoms with Crippen LogP contribution < -0.4 is 5.32 Å². The molecule has 0 heterocycles. The van der Waals surface area contributed by atoms with Gasteiger partial charge in [0.25, 0.3) is 0 Å². The molecule has 112 valence electrons. The Morgan fingerprint density at radius 2 is 1.79 bits per heavy atom. The quantitative estimate of drug-likeness (QED) is 0.522. The van der Waals surface area contributed by atoms with Gasteiger partial charge in [0, 0.05) is 22.3 Å². The molecular formula is C13H25NO5. The third-order valence-electron chi connectivity index (χ3n) is 2.04. The third-order valence-corrected chi connectivity index (χ3v) is 2.04. The van der Waals surface area contributed by atoms with E-state index in [0.717, 1.165) is 12.8 Å². The molecule has 0 aliphatic carbocycles. The van der Waals surface area contributed by atoms with Crippen LogP contribution in [0.15, 0.2) is 12.2 Å². The summed E-state index contributed by atoms with van der Waals surface area (Å²) in [5.74, 6) is -2.51. The topological polar surface area (TPSA) is 107 Å². The first kappa shape index (κ1) is 14.0. The lowest BCUT2D eigenvalue weighted by Crippen LogP contribution is -2.23. The predicted molar refractivity (Wildman–Crippen MR) is 73.1 cm³/mol. The molecule has 6 nitrogen and oxygen atoms in total. The molecule has 0 saturated heterocycles. The molecule has 0 aliphatic heterocycles. The molecule has 0 fully saturated rings. The zero-order chi connectivity index (χ0) is 18.0. The SMILES string of the molecule is O=C(O)/C=C\C(=O)O.[2H]C([2H])([2H])NC(C)CCCC(C)(C)O. The number of carboxylic acid groups (broad SMARTS) is 2. The molecule has 0 bridgehead atoms. The molecule has 0 aliphatic rings. The van der Waals surface area contributed by atoms with E-state index in [-0.39, 0.29) is 6.04 Å². The lowest BCUT2D eigenvalue weighted by Gasteiger charge is -2.18. The lowest BCUT2D eigenvalue weighted by molar-refractivity contribution is -0.134. The van der Waals surface area contributed by atoms with Crippen LogP contribution in [0.5, 0.6) is 0 Å². The molecule has 0 rings (SSSR count). The van der Waals surface area contributed by atoms with E-state index in [1.165, 1.54) is 0 Å². The summed E-state index contributed by atoms with van der Waals surface area (Å²) in [5, 5.41) is 27.6. The van der Waals surface area contributed by atoms with Crippen molar-refractivity contribution in [1.82, 2.24) is 5.32 Å². The normalized spacial score (nSPS) is 15.7. The summed E-state index contributed by atoms with van der Waals surface area (Å²) in [6.45, 7) is 3.30. The highest BCUT2D eigenvalue weighted by atomic mass is 16.4. The minimum atomic E-state index is -2.06. The summed E-state index contributed by atoms with van der Waals surface area (Å²) in [6, 6.07) is -0.0372. The Bertz CT molecular complexity index is 359. The van der Waals surface area contributed by atoms with Crippen LogP contribution >= 0.6 is 0 Å². The summed E-state index contributed by atoms with van der Waals surface area (Å²) in [5.41, 5.74) is -0.653. The van der Waals surface area contributed by atoms with Crippen LogP contribution in [0, 0.1) is 0 Å². The van der Waals surface area contributed by atoms with E-state index in [0.29, 0.717) is 18.6 Å². The van der Waals surface area contributed by atoms with Crippen LogP contribution in [0.4, 0.5) is 0 Å². The molecule has 19 heavy (non-hydrogen) atoms. The fourth-order valence-electron chi connectivity index (χ4n) is 1.06. The van der Waals surface area contributed by atoms with Gasteiger partial charge in [-0.2, -0.15) is 0 Å². The second kappa shape index (κ2) is 10.5. The maximum atomic E-state index is 9.55. The standard InChI is InChI=1S/C9H21NO.C4H4O4/c1-8(10-4)6-5-7-9(2,3)11;5-3(6)1-2-4(7)8/h8,10-11H,5-7H2,1-4H3;1-2H,(H,5,6)(H,7,8)/b;2-1-/i4D3;. The third kappa shape index (κ3) is 22.3. The zero-order valence-corrected chi connectivity index (χ0v) is 11.5. The van der Waals surface area contributed by atoms with Crippen LogP contribution in [0.2, 0.25) is 0 Å². The second-order valence-electron chi connectivity index (χ2n) is 4.76. The number of hydrogen-bond acceptors (Lipinski definition) is 4. The number of aliphatic hydroxyl groups is 1. The minimum absolute atomic E-state index is 0.0372. The van der Waals surface area contributed by atoms with Gasteiger partial charge in [-0.15, -0.1) is 0 Å². The van der Waals surface area contributed by atoms with Gasteiger partial charge in [0.15, 0.2) is 0 Å². The van der Waals surface area contributed by atoms with Gasteiger partial charge in [0.05, 0.1) is 5.60 Å². The maximum absolute atomic E-state index is 9.55. The molecule has 6 heteroatoms. The number of aliphatic carboxylic acids is 2. The lowest BCUT2D eigenvalue weighted by atomic mass is 10.00. The van der Waals surface area contributed by atoms with Crippen molar-refractivity contribution < 1.29 is 29.0 Å². The van der Waals surface area contributed by atoms with Gasteiger partial charge in [0.1, 0.15) is 0 Å². The van der Waals surface area contributed by atoms with Crippen molar-refractivity contribution >= 4 is 11.9 Å². The number of nitrogens with one attached hydrogen (secondary N) is 1. The van der Waals surface area contributed by atoms with E-state index in [1.54, 1.807) is 13.8 Å². The summed E-state index contributed by atoms with van der Waals surface area (Å²) in [6.07, 6.45) is 3.40. The van der Waals surface area contributed by atoms with Gasteiger partial charge in [-0.1, -0.05) is 0 Å². The molecule has 4 N–H and O–H groups in total. The molecular weight excluding hydrogens is 250 g/mol. The monoisotopic (exact) mass is 278 g/mol. The van der Waals surface area contributed by atoms with Crippen LogP contribution in [0.1, 0.15) is 44.1 Å². The summed E-state index contributed by atoms with van der Waals surface area (Å²) >= 11 is 0. The zero-order valence-electron chi connectivity index (χ0n) is 14.5. The molecule has 0 radical (unpaired) electrons.